The van der Waals surface area contributed by atoms with Crippen molar-refractivity contribution < 1.29 is 4.79 Å². The van der Waals surface area contributed by atoms with Crippen molar-refractivity contribution in [3.63, 3.8) is 0 Å². The molecule has 1 atom stereocenters. The van der Waals surface area contributed by atoms with Crippen LogP contribution in [0.25, 0.3) is 10.9 Å². The van der Waals surface area contributed by atoms with Gasteiger partial charge in [0, 0.05) is 29.2 Å². The maximum Gasteiger partial charge on any atom is 0.240 e. The first kappa shape index (κ1) is 17.8. The molecule has 0 spiro atoms. The van der Waals surface area contributed by atoms with E-state index in [4.69, 9.17) is 5.73 Å². The number of benzene rings is 1. The second-order valence-electron chi connectivity index (χ2n) is 6.53. The number of hydrogen-bond acceptors (Lipinski definition) is 2. The van der Waals surface area contributed by atoms with Crippen LogP contribution in [0.15, 0.2) is 30.5 Å². The van der Waals surface area contributed by atoms with Crippen molar-refractivity contribution in [1.82, 2.24) is 9.88 Å². The van der Waals surface area contributed by atoms with Crippen LogP contribution >= 0.6 is 12.4 Å². The highest BCUT2D eigenvalue weighted by molar-refractivity contribution is 5.86. The van der Waals surface area contributed by atoms with Crippen LogP contribution in [-0.2, 0) is 17.8 Å². The largest absolute Gasteiger partial charge is 0.352 e. The summed E-state index contributed by atoms with van der Waals surface area (Å²) in [5.41, 5.74) is 8.28. The molecule has 0 bridgehead atoms. The predicted molar refractivity (Wildman–Crippen MR) is 96.9 cm³/mol. The average Bonchev–Trinajstić information content (AvgIpc) is 3.08. The van der Waals surface area contributed by atoms with Gasteiger partial charge in [-0.1, -0.05) is 31.0 Å². The zero-order chi connectivity index (χ0) is 15.5. The number of nitrogens with one attached hydrogen (secondary N) is 1. The van der Waals surface area contributed by atoms with Crippen molar-refractivity contribution in [2.24, 2.45) is 5.73 Å². The molecule has 23 heavy (non-hydrogen) atoms. The summed E-state index contributed by atoms with van der Waals surface area (Å²) >= 11 is 0. The van der Waals surface area contributed by atoms with Crippen LogP contribution in [0.5, 0.6) is 0 Å². The van der Waals surface area contributed by atoms with E-state index in [9.17, 15) is 4.79 Å². The van der Waals surface area contributed by atoms with E-state index >= 15 is 0 Å². The molecule has 0 aliphatic heterocycles. The zero-order valence-corrected chi connectivity index (χ0v) is 14.4. The summed E-state index contributed by atoms with van der Waals surface area (Å²) in [6.45, 7) is 2.40. The lowest BCUT2D eigenvalue weighted by atomic mass is 10.1. The van der Waals surface area contributed by atoms with Crippen molar-refractivity contribution >= 4 is 29.2 Å². The van der Waals surface area contributed by atoms with Gasteiger partial charge in [-0.25, -0.2) is 0 Å². The lowest BCUT2D eigenvalue weighted by Gasteiger charge is -2.12. The number of fused-ring (bicyclic) bond motifs is 1. The SMILES string of the molecule is CC(N)Cc1cn(CC(=O)NC2CCCC2)c2ccccc12.Cl. The molecule has 1 aliphatic rings. The van der Waals surface area contributed by atoms with Crippen molar-refractivity contribution in [3.05, 3.63) is 36.0 Å². The van der Waals surface area contributed by atoms with Gasteiger partial charge in [-0.2, -0.15) is 0 Å². The van der Waals surface area contributed by atoms with Gasteiger partial charge in [0.2, 0.25) is 5.91 Å². The van der Waals surface area contributed by atoms with Crippen LogP contribution in [0.4, 0.5) is 0 Å². The number of aromatic nitrogens is 1. The molecule has 1 aliphatic carbocycles. The monoisotopic (exact) mass is 335 g/mol. The molecule has 0 radical (unpaired) electrons. The summed E-state index contributed by atoms with van der Waals surface area (Å²) in [6.07, 6.45) is 7.62. The number of halogens is 1. The highest BCUT2D eigenvalue weighted by Crippen LogP contribution is 2.23. The molecule has 3 N–H and O–H groups in total. The Morgan fingerprint density at radius 2 is 2.04 bits per heavy atom. The number of para-hydroxylation sites is 1. The Kier molecular flexibility index (Phi) is 6.08. The smallest absolute Gasteiger partial charge is 0.240 e. The third kappa shape index (κ3) is 4.27. The van der Waals surface area contributed by atoms with E-state index in [0.29, 0.717) is 12.6 Å². The molecule has 0 saturated heterocycles. The number of nitrogens with two attached hydrogens (primary N) is 1. The normalized spacial score (nSPS) is 16.3. The second kappa shape index (κ2) is 7.84. The van der Waals surface area contributed by atoms with Crippen LogP contribution in [0, 0.1) is 0 Å². The maximum atomic E-state index is 12.3. The quantitative estimate of drug-likeness (QED) is 0.882. The molecular weight excluding hydrogens is 310 g/mol. The number of carbonyl (C=O) groups excluding carboxylic acids is 1. The van der Waals surface area contributed by atoms with E-state index in [1.165, 1.54) is 23.8 Å². The van der Waals surface area contributed by atoms with Crippen LogP contribution in [0.1, 0.15) is 38.2 Å². The summed E-state index contributed by atoms with van der Waals surface area (Å²) in [5.74, 6) is 0.111. The highest BCUT2D eigenvalue weighted by Gasteiger charge is 2.18. The summed E-state index contributed by atoms with van der Waals surface area (Å²) in [7, 11) is 0. The van der Waals surface area contributed by atoms with Crippen molar-refractivity contribution in [3.8, 4) is 0 Å². The molecule has 1 heterocycles. The topological polar surface area (TPSA) is 60.0 Å². The van der Waals surface area contributed by atoms with Crippen LogP contribution in [-0.4, -0.2) is 22.6 Å². The molecule has 1 aromatic carbocycles. The minimum absolute atomic E-state index is 0. The van der Waals surface area contributed by atoms with Gasteiger partial charge in [-0.3, -0.25) is 4.79 Å². The van der Waals surface area contributed by atoms with Gasteiger partial charge in [0.1, 0.15) is 6.54 Å². The summed E-state index contributed by atoms with van der Waals surface area (Å²) in [5, 5.41) is 4.36. The molecular formula is C18H26ClN3O. The first-order valence-electron chi connectivity index (χ1n) is 8.25. The molecule has 1 aromatic heterocycles. The predicted octanol–water partition coefficient (Wildman–Crippen LogP) is 3.01. The summed E-state index contributed by atoms with van der Waals surface area (Å²) in [6, 6.07) is 8.73. The minimum atomic E-state index is 0. The lowest BCUT2D eigenvalue weighted by Crippen LogP contribution is -2.35. The van der Waals surface area contributed by atoms with Crippen LogP contribution in [0.3, 0.4) is 0 Å². The standard InChI is InChI=1S/C18H25N3O.ClH/c1-13(19)10-14-11-21(17-9-5-4-8-16(14)17)12-18(22)20-15-6-2-3-7-15;/h4-5,8-9,11,13,15H,2-3,6-7,10,12,19H2,1H3,(H,20,22);1H. The first-order valence-corrected chi connectivity index (χ1v) is 8.25. The van der Waals surface area contributed by atoms with Gasteiger partial charge in [0.25, 0.3) is 0 Å². The third-order valence-electron chi connectivity index (χ3n) is 4.45. The van der Waals surface area contributed by atoms with Gasteiger partial charge >= 0.3 is 0 Å². The molecule has 3 rings (SSSR count). The molecule has 2 aromatic rings. The fourth-order valence-electron chi connectivity index (χ4n) is 3.46. The van der Waals surface area contributed by atoms with Gasteiger partial charge in [-0.15, -0.1) is 12.4 Å². The van der Waals surface area contributed by atoms with E-state index in [1.54, 1.807) is 0 Å². The Hall–Kier alpha value is -1.52. The van der Waals surface area contributed by atoms with E-state index in [1.807, 2.05) is 19.1 Å². The van der Waals surface area contributed by atoms with Crippen molar-refractivity contribution in [2.45, 2.75) is 57.7 Å². The number of hydrogen-bond donors (Lipinski definition) is 2. The average molecular weight is 336 g/mol. The maximum absolute atomic E-state index is 12.3. The van der Waals surface area contributed by atoms with E-state index in [-0.39, 0.29) is 24.4 Å². The van der Waals surface area contributed by atoms with Gasteiger partial charge < -0.3 is 15.6 Å². The Morgan fingerprint density at radius 1 is 1.35 bits per heavy atom. The van der Waals surface area contributed by atoms with Crippen molar-refractivity contribution in [1.29, 1.82) is 0 Å². The number of amides is 1. The fraction of sp³-hybridized carbons (Fsp3) is 0.500. The Bertz CT molecular complexity index is 659. The lowest BCUT2D eigenvalue weighted by molar-refractivity contribution is -0.122. The van der Waals surface area contributed by atoms with E-state index < -0.39 is 0 Å². The number of carbonyl (C=O) groups is 1. The van der Waals surface area contributed by atoms with E-state index in [0.717, 1.165) is 24.8 Å². The van der Waals surface area contributed by atoms with Crippen LogP contribution in [0.2, 0.25) is 0 Å². The number of nitrogens with zero attached hydrogens (tertiary/aromatic N) is 1. The molecule has 1 unspecified atom stereocenters. The van der Waals surface area contributed by atoms with Crippen LogP contribution < -0.4 is 11.1 Å². The van der Waals surface area contributed by atoms with Gasteiger partial charge in [0.05, 0.1) is 0 Å². The van der Waals surface area contributed by atoms with Crippen molar-refractivity contribution in [2.75, 3.05) is 0 Å². The Morgan fingerprint density at radius 3 is 2.74 bits per heavy atom. The molecule has 1 fully saturated rings. The molecule has 126 valence electrons. The molecule has 1 saturated carbocycles. The third-order valence-corrected chi connectivity index (χ3v) is 4.45. The molecule has 5 heteroatoms. The Balaban J connectivity index is 0.00000192. The van der Waals surface area contributed by atoms with E-state index in [2.05, 4.69) is 28.2 Å². The highest BCUT2D eigenvalue weighted by atomic mass is 35.5. The fourth-order valence-corrected chi connectivity index (χ4v) is 3.46. The molecule has 4 nitrogen and oxygen atoms in total. The summed E-state index contributed by atoms with van der Waals surface area (Å²) < 4.78 is 2.05. The molecule has 1 amide bonds. The Labute approximate surface area is 143 Å². The van der Waals surface area contributed by atoms with Gasteiger partial charge in [-0.05, 0) is 37.8 Å². The second-order valence-corrected chi connectivity index (χ2v) is 6.53. The number of rotatable bonds is 5. The summed E-state index contributed by atoms with van der Waals surface area (Å²) in [4.78, 5) is 12.3. The minimum Gasteiger partial charge on any atom is -0.352 e. The zero-order valence-electron chi connectivity index (χ0n) is 13.6. The van der Waals surface area contributed by atoms with Gasteiger partial charge in [0.15, 0.2) is 0 Å². The first-order chi connectivity index (χ1) is 10.6.